The van der Waals surface area contributed by atoms with Gasteiger partial charge in [-0.25, -0.2) is 0 Å². The van der Waals surface area contributed by atoms with Crippen LogP contribution in [0.1, 0.15) is 33.6 Å². The van der Waals surface area contributed by atoms with Gasteiger partial charge >= 0.3 is 0 Å². The average molecular weight is 200 g/mol. The molecular weight excluding hydrogens is 180 g/mol. The Morgan fingerprint density at radius 2 is 2.31 bits per heavy atom. The summed E-state index contributed by atoms with van der Waals surface area (Å²) < 4.78 is 0. The van der Waals surface area contributed by atoms with E-state index in [1.165, 1.54) is 12.8 Å². The highest BCUT2D eigenvalue weighted by atomic mass is 32.1. The molecule has 1 atom stereocenters. The first-order valence-electron chi connectivity index (χ1n) is 5.19. The number of rotatable bonds is 2. The summed E-state index contributed by atoms with van der Waals surface area (Å²) in [7, 11) is 0. The Bertz CT molecular complexity index is 180. The molecule has 1 N–H and O–H groups in total. The van der Waals surface area contributed by atoms with E-state index >= 15 is 0 Å². The zero-order chi connectivity index (χ0) is 9.84. The standard InChI is InChI=1S/C10H20N2S/c1-4-9-5-6-12(7-9)10(13)11-8(2)3/h8-9H,4-7H2,1-3H3,(H,11,13). The Labute approximate surface area is 86.7 Å². The SMILES string of the molecule is CCC1CCN(C(=S)NC(C)C)C1. The molecule has 0 aromatic rings. The van der Waals surface area contributed by atoms with E-state index in [4.69, 9.17) is 12.2 Å². The summed E-state index contributed by atoms with van der Waals surface area (Å²) in [6.45, 7) is 8.79. The summed E-state index contributed by atoms with van der Waals surface area (Å²) in [5.41, 5.74) is 0. The molecule has 2 nitrogen and oxygen atoms in total. The lowest BCUT2D eigenvalue weighted by Crippen LogP contribution is -2.41. The van der Waals surface area contributed by atoms with Gasteiger partial charge in [0, 0.05) is 19.1 Å². The Balaban J connectivity index is 2.33. The fourth-order valence-electron chi connectivity index (χ4n) is 1.69. The van der Waals surface area contributed by atoms with E-state index in [-0.39, 0.29) is 0 Å². The molecule has 0 bridgehead atoms. The lowest BCUT2D eigenvalue weighted by Gasteiger charge is -2.22. The maximum atomic E-state index is 5.31. The van der Waals surface area contributed by atoms with Crippen LogP contribution >= 0.6 is 12.2 Å². The molecule has 1 unspecified atom stereocenters. The Morgan fingerprint density at radius 3 is 2.77 bits per heavy atom. The van der Waals surface area contributed by atoms with Gasteiger partial charge in [0.2, 0.25) is 0 Å². The Morgan fingerprint density at radius 1 is 1.62 bits per heavy atom. The third-order valence-electron chi connectivity index (χ3n) is 2.56. The molecule has 0 radical (unpaired) electrons. The van der Waals surface area contributed by atoms with E-state index in [0.29, 0.717) is 6.04 Å². The van der Waals surface area contributed by atoms with E-state index in [1.54, 1.807) is 0 Å². The van der Waals surface area contributed by atoms with Crippen molar-refractivity contribution in [1.82, 2.24) is 10.2 Å². The van der Waals surface area contributed by atoms with Crippen LogP contribution in [0, 0.1) is 5.92 Å². The van der Waals surface area contributed by atoms with Gasteiger partial charge in [-0.15, -0.1) is 0 Å². The van der Waals surface area contributed by atoms with Gasteiger partial charge in [0.15, 0.2) is 5.11 Å². The Hall–Kier alpha value is -0.310. The van der Waals surface area contributed by atoms with Crippen molar-refractivity contribution >= 4 is 17.3 Å². The van der Waals surface area contributed by atoms with Crippen LogP contribution in [-0.4, -0.2) is 29.1 Å². The van der Waals surface area contributed by atoms with Crippen molar-refractivity contribution in [3.63, 3.8) is 0 Å². The summed E-state index contributed by atoms with van der Waals surface area (Å²) in [5.74, 6) is 0.854. The molecule has 1 rings (SSSR count). The number of hydrogen-bond acceptors (Lipinski definition) is 1. The summed E-state index contributed by atoms with van der Waals surface area (Å²) in [4.78, 5) is 2.30. The van der Waals surface area contributed by atoms with Gasteiger partial charge in [0.1, 0.15) is 0 Å². The van der Waals surface area contributed by atoms with Crippen molar-refractivity contribution in [1.29, 1.82) is 0 Å². The summed E-state index contributed by atoms with van der Waals surface area (Å²) >= 11 is 5.31. The van der Waals surface area contributed by atoms with Crippen molar-refractivity contribution in [2.75, 3.05) is 13.1 Å². The minimum absolute atomic E-state index is 0.452. The molecule has 0 aromatic heterocycles. The molecule has 76 valence electrons. The van der Waals surface area contributed by atoms with Crippen LogP contribution < -0.4 is 5.32 Å². The van der Waals surface area contributed by atoms with E-state index in [0.717, 1.165) is 24.1 Å². The number of nitrogens with one attached hydrogen (secondary N) is 1. The van der Waals surface area contributed by atoms with Gasteiger partial charge < -0.3 is 10.2 Å². The van der Waals surface area contributed by atoms with Gasteiger partial charge in [-0.2, -0.15) is 0 Å². The highest BCUT2D eigenvalue weighted by molar-refractivity contribution is 7.80. The third kappa shape index (κ3) is 3.14. The van der Waals surface area contributed by atoms with Gasteiger partial charge in [-0.3, -0.25) is 0 Å². The molecule has 3 heteroatoms. The van der Waals surface area contributed by atoms with Crippen molar-refractivity contribution < 1.29 is 0 Å². The van der Waals surface area contributed by atoms with E-state index in [9.17, 15) is 0 Å². The topological polar surface area (TPSA) is 15.3 Å². The van der Waals surface area contributed by atoms with Gasteiger partial charge in [0.05, 0.1) is 0 Å². The van der Waals surface area contributed by atoms with Gasteiger partial charge in [0.25, 0.3) is 0 Å². The predicted molar refractivity (Wildman–Crippen MR) is 60.8 cm³/mol. The maximum absolute atomic E-state index is 5.31. The van der Waals surface area contributed by atoms with Gasteiger partial charge in [-0.1, -0.05) is 13.3 Å². The second kappa shape index (κ2) is 4.80. The molecule has 0 saturated carbocycles. The van der Waals surface area contributed by atoms with Crippen molar-refractivity contribution in [3.8, 4) is 0 Å². The number of thiocarbonyl (C=S) groups is 1. The van der Waals surface area contributed by atoms with E-state index in [2.05, 4.69) is 31.0 Å². The smallest absolute Gasteiger partial charge is 0.169 e. The zero-order valence-electron chi connectivity index (χ0n) is 8.84. The number of likely N-dealkylation sites (tertiary alicyclic amines) is 1. The molecule has 1 fully saturated rings. The van der Waals surface area contributed by atoms with Crippen LogP contribution in [-0.2, 0) is 0 Å². The highest BCUT2D eigenvalue weighted by Crippen LogP contribution is 2.18. The van der Waals surface area contributed by atoms with Crippen LogP contribution in [0.3, 0.4) is 0 Å². The molecular formula is C10H20N2S. The van der Waals surface area contributed by atoms with Crippen molar-refractivity contribution in [2.24, 2.45) is 5.92 Å². The van der Waals surface area contributed by atoms with Crippen LogP contribution in [0.15, 0.2) is 0 Å². The van der Waals surface area contributed by atoms with Crippen molar-refractivity contribution in [3.05, 3.63) is 0 Å². The largest absolute Gasteiger partial charge is 0.360 e. The summed E-state index contributed by atoms with van der Waals surface area (Å²) in [6.07, 6.45) is 2.58. The molecule has 0 amide bonds. The molecule has 1 aliphatic heterocycles. The first-order valence-corrected chi connectivity index (χ1v) is 5.59. The maximum Gasteiger partial charge on any atom is 0.169 e. The van der Waals surface area contributed by atoms with Crippen LogP contribution in [0.5, 0.6) is 0 Å². The predicted octanol–water partition coefficient (Wildman–Crippen LogP) is 2.00. The molecule has 0 aliphatic carbocycles. The first-order chi connectivity index (χ1) is 6.13. The van der Waals surface area contributed by atoms with Crippen LogP contribution in [0.25, 0.3) is 0 Å². The molecule has 1 heterocycles. The second-order valence-electron chi connectivity index (χ2n) is 4.11. The minimum atomic E-state index is 0.452. The highest BCUT2D eigenvalue weighted by Gasteiger charge is 2.22. The van der Waals surface area contributed by atoms with Crippen LogP contribution in [0.4, 0.5) is 0 Å². The molecule has 1 saturated heterocycles. The summed E-state index contributed by atoms with van der Waals surface area (Å²) in [5, 5.41) is 4.22. The number of nitrogens with zero attached hydrogens (tertiary/aromatic N) is 1. The quantitative estimate of drug-likeness (QED) is 0.686. The third-order valence-corrected chi connectivity index (χ3v) is 2.94. The van der Waals surface area contributed by atoms with Crippen molar-refractivity contribution in [2.45, 2.75) is 39.7 Å². The molecule has 13 heavy (non-hydrogen) atoms. The molecule has 0 spiro atoms. The lowest BCUT2D eigenvalue weighted by atomic mass is 10.1. The zero-order valence-corrected chi connectivity index (χ0v) is 9.66. The van der Waals surface area contributed by atoms with Gasteiger partial charge in [-0.05, 0) is 38.4 Å². The second-order valence-corrected chi connectivity index (χ2v) is 4.50. The monoisotopic (exact) mass is 200 g/mol. The fraction of sp³-hybridized carbons (Fsp3) is 0.900. The average Bonchev–Trinajstić information content (AvgIpc) is 2.50. The normalized spacial score (nSPS) is 22.5. The summed E-state index contributed by atoms with van der Waals surface area (Å²) in [6, 6.07) is 0.452. The van der Waals surface area contributed by atoms with E-state index in [1.807, 2.05) is 0 Å². The number of hydrogen-bond donors (Lipinski definition) is 1. The lowest BCUT2D eigenvalue weighted by molar-refractivity contribution is 0.459. The Kier molecular flexibility index (Phi) is 3.97. The first kappa shape index (κ1) is 10.8. The van der Waals surface area contributed by atoms with Crippen LogP contribution in [0.2, 0.25) is 0 Å². The molecule has 1 aliphatic rings. The minimum Gasteiger partial charge on any atom is -0.360 e. The molecule has 0 aromatic carbocycles. The van der Waals surface area contributed by atoms with E-state index < -0.39 is 0 Å². The fourth-order valence-corrected chi connectivity index (χ4v) is 2.09.